The van der Waals surface area contributed by atoms with Crippen LogP contribution in [0.5, 0.6) is 0 Å². The number of carbonyl (C=O) groups excluding carboxylic acids is 1. The lowest BCUT2D eigenvalue weighted by Crippen LogP contribution is -2.30. The van der Waals surface area contributed by atoms with Crippen LogP contribution in [0.15, 0.2) is 41.8 Å². The molecule has 1 aliphatic heterocycles. The number of hydrogen-bond acceptors (Lipinski definition) is 4. The predicted octanol–water partition coefficient (Wildman–Crippen LogP) is 7.59. The van der Waals surface area contributed by atoms with E-state index in [2.05, 4.69) is 4.98 Å². The van der Waals surface area contributed by atoms with Gasteiger partial charge in [0.05, 0.1) is 16.0 Å². The van der Waals surface area contributed by atoms with Crippen molar-refractivity contribution in [2.45, 2.75) is 17.5 Å². The van der Waals surface area contributed by atoms with Crippen molar-refractivity contribution in [3.8, 4) is 11.3 Å². The van der Waals surface area contributed by atoms with E-state index >= 15 is 0 Å². The van der Waals surface area contributed by atoms with Gasteiger partial charge in [0.15, 0.2) is 5.13 Å². The van der Waals surface area contributed by atoms with E-state index in [0.29, 0.717) is 30.9 Å². The van der Waals surface area contributed by atoms with Gasteiger partial charge in [-0.15, -0.1) is 23.1 Å². The van der Waals surface area contributed by atoms with E-state index in [0.717, 1.165) is 11.1 Å². The maximum Gasteiger partial charge on any atom is 0.242 e. The Hall–Kier alpha value is -0.950. The summed E-state index contributed by atoms with van der Waals surface area (Å²) in [5.41, 5.74) is 2.29. The van der Waals surface area contributed by atoms with E-state index < -0.39 is 0 Å². The molecule has 1 fully saturated rings. The van der Waals surface area contributed by atoms with Gasteiger partial charge in [0.25, 0.3) is 0 Å². The summed E-state index contributed by atoms with van der Waals surface area (Å²) in [6.45, 7) is 1.88. The summed E-state index contributed by atoms with van der Waals surface area (Å²) < 4.78 is 0. The fourth-order valence-corrected chi connectivity index (χ4v) is 6.23. The van der Waals surface area contributed by atoms with Crippen molar-refractivity contribution in [2.75, 3.05) is 4.90 Å². The second-order valence-electron chi connectivity index (χ2n) is 6.14. The number of hydrogen-bond donors (Lipinski definition) is 0. The predicted molar refractivity (Wildman–Crippen MR) is 121 cm³/mol. The van der Waals surface area contributed by atoms with Crippen LogP contribution in [0.25, 0.3) is 11.3 Å². The molecule has 0 N–H and O–H groups in total. The number of rotatable bonds is 3. The summed E-state index contributed by atoms with van der Waals surface area (Å²) in [5, 5.41) is 4.14. The van der Waals surface area contributed by atoms with Crippen molar-refractivity contribution >= 4 is 80.5 Å². The third-order valence-corrected chi connectivity index (χ3v) is 7.57. The number of amides is 1. The number of carbonyl (C=O) groups is 1. The zero-order chi connectivity index (χ0) is 20.0. The highest BCUT2D eigenvalue weighted by Crippen LogP contribution is 2.48. The first kappa shape index (κ1) is 20.3. The number of halogens is 4. The second-order valence-corrected chi connectivity index (χ2v) is 10.1. The van der Waals surface area contributed by atoms with E-state index in [9.17, 15) is 4.79 Å². The van der Waals surface area contributed by atoms with Crippen LogP contribution in [-0.2, 0) is 4.79 Å². The summed E-state index contributed by atoms with van der Waals surface area (Å²) in [4.78, 5) is 19.3. The molecular weight excluding hydrogens is 478 g/mol. The average molecular weight is 490 g/mol. The van der Waals surface area contributed by atoms with E-state index in [1.54, 1.807) is 29.2 Å². The lowest BCUT2D eigenvalue weighted by Gasteiger charge is -2.22. The third kappa shape index (κ3) is 3.76. The van der Waals surface area contributed by atoms with Crippen LogP contribution in [0.3, 0.4) is 0 Å². The summed E-state index contributed by atoms with van der Waals surface area (Å²) in [5.74, 6) is -0.0101. The van der Waals surface area contributed by atoms with Crippen molar-refractivity contribution in [3.63, 3.8) is 0 Å². The number of aromatic nitrogens is 1. The molecule has 2 atom stereocenters. The molecule has 0 aliphatic carbocycles. The Morgan fingerprint density at radius 1 is 1.00 bits per heavy atom. The van der Waals surface area contributed by atoms with Crippen molar-refractivity contribution in [1.29, 1.82) is 0 Å². The molecule has 0 saturated carbocycles. The van der Waals surface area contributed by atoms with E-state index in [4.69, 9.17) is 46.4 Å². The van der Waals surface area contributed by atoms with Crippen LogP contribution in [0.2, 0.25) is 20.1 Å². The first-order valence-electron chi connectivity index (χ1n) is 8.19. The monoisotopic (exact) mass is 488 g/mol. The standard InChI is InChI=1S/C19H12Cl4N2OS2/c1-9-17(26)25(18(28-9)13-5-3-11(21)7-15(13)23)19-24-16(8-27-19)12-4-2-10(20)6-14(12)22/h2-9,18H,1H3/t9-,18+/m0/s1. The second kappa shape index (κ2) is 8.05. The molecule has 3 nitrogen and oxygen atoms in total. The Balaban J connectivity index is 1.74. The normalized spacial score (nSPS) is 19.5. The van der Waals surface area contributed by atoms with E-state index in [1.165, 1.54) is 23.1 Å². The molecule has 1 saturated heterocycles. The minimum absolute atomic E-state index is 0.0101. The highest BCUT2D eigenvalue weighted by molar-refractivity contribution is 8.01. The van der Waals surface area contributed by atoms with Crippen LogP contribution < -0.4 is 4.90 Å². The molecule has 9 heteroatoms. The van der Waals surface area contributed by atoms with Gasteiger partial charge in [-0.3, -0.25) is 9.69 Å². The minimum atomic E-state index is -0.271. The molecule has 2 heterocycles. The molecule has 0 spiro atoms. The number of thioether (sulfide) groups is 1. The smallest absolute Gasteiger partial charge is 0.242 e. The molecule has 0 unspecified atom stereocenters. The molecule has 2 aromatic carbocycles. The SMILES string of the molecule is C[C@@H]1S[C@H](c2ccc(Cl)cc2Cl)N(c2nc(-c3ccc(Cl)cc3Cl)cs2)C1=O. The van der Waals surface area contributed by atoms with E-state index in [-0.39, 0.29) is 16.5 Å². The fourth-order valence-electron chi connectivity index (χ4n) is 2.93. The summed E-state index contributed by atoms with van der Waals surface area (Å²) in [6, 6.07) is 10.6. The molecule has 0 bridgehead atoms. The maximum absolute atomic E-state index is 12.9. The summed E-state index contributed by atoms with van der Waals surface area (Å²) >= 11 is 27.7. The zero-order valence-corrected chi connectivity index (χ0v) is 19.0. The Morgan fingerprint density at radius 2 is 1.68 bits per heavy atom. The van der Waals surface area contributed by atoms with Crippen LogP contribution in [0.1, 0.15) is 17.9 Å². The molecule has 0 radical (unpaired) electrons. The average Bonchev–Trinajstić information content (AvgIpc) is 3.20. The Kier molecular flexibility index (Phi) is 5.85. The van der Waals surface area contributed by atoms with Crippen molar-refractivity contribution in [2.24, 2.45) is 0 Å². The molecule has 144 valence electrons. The molecular formula is C19H12Cl4N2OS2. The maximum atomic E-state index is 12.9. The molecule has 1 aromatic heterocycles. The number of thiazole rings is 1. The Morgan fingerprint density at radius 3 is 2.36 bits per heavy atom. The van der Waals surface area contributed by atoms with Crippen LogP contribution in [0.4, 0.5) is 5.13 Å². The van der Waals surface area contributed by atoms with Crippen molar-refractivity contribution in [3.05, 3.63) is 67.4 Å². The van der Waals surface area contributed by atoms with Gasteiger partial charge in [0.2, 0.25) is 5.91 Å². The van der Waals surface area contributed by atoms with Crippen molar-refractivity contribution in [1.82, 2.24) is 4.98 Å². The number of nitrogens with zero attached hydrogens (tertiary/aromatic N) is 2. The first-order valence-corrected chi connectivity index (χ1v) is 11.5. The lowest BCUT2D eigenvalue weighted by atomic mass is 10.2. The largest absolute Gasteiger partial charge is 0.273 e. The van der Waals surface area contributed by atoms with Crippen LogP contribution >= 0.6 is 69.5 Å². The number of benzene rings is 2. The van der Waals surface area contributed by atoms with Gasteiger partial charge in [-0.2, -0.15) is 0 Å². The third-order valence-electron chi connectivity index (χ3n) is 4.29. The Labute approximate surface area is 190 Å². The molecule has 3 aromatic rings. The van der Waals surface area contributed by atoms with Crippen LogP contribution in [-0.4, -0.2) is 16.1 Å². The summed E-state index contributed by atoms with van der Waals surface area (Å²) in [7, 11) is 0. The van der Waals surface area contributed by atoms with Gasteiger partial charge >= 0.3 is 0 Å². The first-order chi connectivity index (χ1) is 13.3. The Bertz CT molecular complexity index is 1070. The zero-order valence-electron chi connectivity index (χ0n) is 14.3. The highest BCUT2D eigenvalue weighted by atomic mass is 35.5. The van der Waals surface area contributed by atoms with Gasteiger partial charge in [-0.1, -0.05) is 52.5 Å². The molecule has 28 heavy (non-hydrogen) atoms. The fraction of sp³-hybridized carbons (Fsp3) is 0.158. The van der Waals surface area contributed by atoms with Gasteiger partial charge in [0, 0.05) is 31.6 Å². The molecule has 1 amide bonds. The highest BCUT2D eigenvalue weighted by Gasteiger charge is 2.41. The molecule has 1 aliphatic rings. The van der Waals surface area contributed by atoms with E-state index in [1.807, 2.05) is 24.4 Å². The van der Waals surface area contributed by atoms with Gasteiger partial charge in [-0.25, -0.2) is 4.98 Å². The molecule has 4 rings (SSSR count). The van der Waals surface area contributed by atoms with Crippen molar-refractivity contribution < 1.29 is 4.79 Å². The van der Waals surface area contributed by atoms with Gasteiger partial charge in [0.1, 0.15) is 5.37 Å². The topological polar surface area (TPSA) is 33.2 Å². The minimum Gasteiger partial charge on any atom is -0.273 e. The van der Waals surface area contributed by atoms with Gasteiger partial charge < -0.3 is 0 Å². The van der Waals surface area contributed by atoms with Gasteiger partial charge in [-0.05, 0) is 37.3 Å². The van der Waals surface area contributed by atoms with Crippen LogP contribution in [0, 0.1) is 0 Å². The quantitative estimate of drug-likeness (QED) is 0.379. The lowest BCUT2D eigenvalue weighted by molar-refractivity contribution is -0.117. The number of anilines is 1. The summed E-state index contributed by atoms with van der Waals surface area (Å²) in [6.07, 6.45) is 0.